The van der Waals surface area contributed by atoms with Crippen molar-refractivity contribution in [3.63, 3.8) is 0 Å². The van der Waals surface area contributed by atoms with Crippen LogP contribution in [-0.2, 0) is 0 Å². The zero-order valence-corrected chi connectivity index (χ0v) is 14.2. The van der Waals surface area contributed by atoms with Gasteiger partial charge in [0.15, 0.2) is 0 Å². The molecule has 1 aromatic carbocycles. The minimum absolute atomic E-state index is 0.0548. The second-order valence-electron chi connectivity index (χ2n) is 6.46. The van der Waals surface area contributed by atoms with Gasteiger partial charge in [-0.3, -0.25) is 9.89 Å². The highest BCUT2D eigenvalue weighted by molar-refractivity contribution is 5.94. The summed E-state index contributed by atoms with van der Waals surface area (Å²) in [4.78, 5) is 32.0. The fraction of sp³-hybridized carbons (Fsp3) is 0.263. The van der Waals surface area contributed by atoms with Crippen LogP contribution in [0.5, 0.6) is 0 Å². The summed E-state index contributed by atoms with van der Waals surface area (Å²) >= 11 is 0. The molecule has 1 saturated heterocycles. The van der Waals surface area contributed by atoms with Gasteiger partial charge in [-0.15, -0.1) is 0 Å². The fourth-order valence-electron chi connectivity index (χ4n) is 3.38. The smallest absolute Gasteiger partial charge is 0.339 e. The first-order valence-electron chi connectivity index (χ1n) is 8.64. The number of aromatic amines is 2. The van der Waals surface area contributed by atoms with E-state index in [1.54, 1.807) is 12.4 Å². The molecule has 1 amide bonds. The SMILES string of the molecule is O=C(c1ccc(-c2cnc(=O)[nH]c2)cc1)N1CCC(c2ccn[nH]2)CC1. The lowest BCUT2D eigenvalue weighted by Crippen LogP contribution is -2.38. The maximum absolute atomic E-state index is 12.7. The lowest BCUT2D eigenvalue weighted by molar-refractivity contribution is 0.0712. The topological polar surface area (TPSA) is 94.7 Å². The molecule has 2 aromatic heterocycles. The number of piperidine rings is 1. The van der Waals surface area contributed by atoms with Crippen LogP contribution >= 0.6 is 0 Å². The monoisotopic (exact) mass is 349 g/mol. The van der Waals surface area contributed by atoms with Crippen molar-refractivity contribution >= 4 is 5.91 Å². The number of rotatable bonds is 3. The van der Waals surface area contributed by atoms with Crippen molar-refractivity contribution in [2.75, 3.05) is 13.1 Å². The first-order chi connectivity index (χ1) is 12.7. The number of aromatic nitrogens is 4. The van der Waals surface area contributed by atoms with E-state index in [0.717, 1.165) is 42.8 Å². The van der Waals surface area contributed by atoms with Gasteiger partial charge in [-0.05, 0) is 36.6 Å². The van der Waals surface area contributed by atoms with Crippen molar-refractivity contribution in [3.8, 4) is 11.1 Å². The number of benzene rings is 1. The molecule has 2 N–H and O–H groups in total. The van der Waals surface area contributed by atoms with E-state index in [2.05, 4.69) is 20.2 Å². The lowest BCUT2D eigenvalue weighted by atomic mass is 9.93. The second kappa shape index (κ2) is 6.95. The predicted octanol–water partition coefficient (Wildman–Crippen LogP) is 2.18. The Bertz CT molecular complexity index is 918. The van der Waals surface area contributed by atoms with Crippen LogP contribution in [0.2, 0.25) is 0 Å². The summed E-state index contributed by atoms with van der Waals surface area (Å²) in [5.74, 6) is 0.496. The molecule has 0 spiro atoms. The van der Waals surface area contributed by atoms with E-state index in [9.17, 15) is 9.59 Å². The Morgan fingerprint density at radius 2 is 1.85 bits per heavy atom. The highest BCUT2D eigenvalue weighted by atomic mass is 16.2. The molecule has 1 aliphatic rings. The van der Waals surface area contributed by atoms with Gasteiger partial charge in [0.2, 0.25) is 0 Å². The van der Waals surface area contributed by atoms with Gasteiger partial charge in [0, 0.05) is 54.4 Å². The zero-order chi connectivity index (χ0) is 17.9. The molecule has 0 radical (unpaired) electrons. The van der Waals surface area contributed by atoms with Crippen molar-refractivity contribution in [3.05, 3.63) is 70.7 Å². The highest BCUT2D eigenvalue weighted by Gasteiger charge is 2.25. The molecule has 0 atom stereocenters. The van der Waals surface area contributed by atoms with Crippen LogP contribution in [0.3, 0.4) is 0 Å². The van der Waals surface area contributed by atoms with Crippen molar-refractivity contribution in [2.24, 2.45) is 0 Å². The maximum Gasteiger partial charge on any atom is 0.344 e. The van der Waals surface area contributed by atoms with E-state index in [1.165, 1.54) is 6.20 Å². The van der Waals surface area contributed by atoms with E-state index in [0.29, 0.717) is 11.5 Å². The predicted molar refractivity (Wildman–Crippen MR) is 96.8 cm³/mol. The quantitative estimate of drug-likeness (QED) is 0.758. The second-order valence-corrected chi connectivity index (χ2v) is 6.46. The lowest BCUT2D eigenvalue weighted by Gasteiger charge is -2.31. The number of carbonyl (C=O) groups is 1. The van der Waals surface area contributed by atoms with E-state index >= 15 is 0 Å². The molecule has 132 valence electrons. The number of hydrogen-bond acceptors (Lipinski definition) is 4. The van der Waals surface area contributed by atoms with Crippen molar-refractivity contribution in [1.82, 2.24) is 25.1 Å². The summed E-state index contributed by atoms with van der Waals surface area (Å²) in [6, 6.07) is 9.40. The van der Waals surface area contributed by atoms with Crippen LogP contribution in [0.25, 0.3) is 11.1 Å². The number of carbonyl (C=O) groups excluding carboxylic acids is 1. The summed E-state index contributed by atoms with van der Waals surface area (Å²) in [6.07, 6.45) is 6.79. The highest BCUT2D eigenvalue weighted by Crippen LogP contribution is 2.27. The molecular weight excluding hydrogens is 330 g/mol. The average molecular weight is 349 g/mol. The standard InChI is InChI=1S/C19H19N5O2/c25-18(24-9-6-14(7-10-24)17-5-8-22-23-17)15-3-1-13(2-4-15)16-11-20-19(26)21-12-16/h1-5,8,11-12,14H,6-7,9-10H2,(H,22,23)(H,20,21,26). The molecular formula is C19H19N5O2. The molecule has 0 unspecified atom stereocenters. The number of nitrogens with zero attached hydrogens (tertiary/aromatic N) is 3. The molecule has 1 fully saturated rings. The number of H-pyrrole nitrogens is 2. The summed E-state index contributed by atoms with van der Waals surface area (Å²) in [7, 11) is 0. The molecule has 0 saturated carbocycles. The molecule has 1 aliphatic heterocycles. The van der Waals surface area contributed by atoms with Gasteiger partial charge in [-0.1, -0.05) is 12.1 Å². The number of likely N-dealkylation sites (tertiary alicyclic amines) is 1. The first-order valence-corrected chi connectivity index (χ1v) is 8.64. The molecule has 3 heterocycles. The molecule has 3 aromatic rings. The zero-order valence-electron chi connectivity index (χ0n) is 14.2. The van der Waals surface area contributed by atoms with E-state index in [4.69, 9.17) is 0 Å². The molecule has 7 heteroatoms. The van der Waals surface area contributed by atoms with Gasteiger partial charge in [0.25, 0.3) is 5.91 Å². The summed E-state index contributed by atoms with van der Waals surface area (Å²) < 4.78 is 0. The molecule has 0 bridgehead atoms. The first kappa shape index (κ1) is 16.3. The largest absolute Gasteiger partial charge is 0.344 e. The number of nitrogens with one attached hydrogen (secondary N) is 2. The number of amides is 1. The van der Waals surface area contributed by atoms with Gasteiger partial charge in [-0.25, -0.2) is 9.78 Å². The van der Waals surface area contributed by atoms with E-state index < -0.39 is 0 Å². The van der Waals surface area contributed by atoms with Crippen LogP contribution in [0.15, 0.2) is 53.7 Å². The van der Waals surface area contributed by atoms with Gasteiger partial charge in [0.05, 0.1) is 0 Å². The fourth-order valence-corrected chi connectivity index (χ4v) is 3.38. The molecule has 7 nitrogen and oxygen atoms in total. The van der Waals surface area contributed by atoms with Crippen molar-refractivity contribution in [2.45, 2.75) is 18.8 Å². The van der Waals surface area contributed by atoms with Crippen LogP contribution < -0.4 is 5.69 Å². The van der Waals surface area contributed by atoms with E-state index in [-0.39, 0.29) is 11.6 Å². The summed E-state index contributed by atoms with van der Waals surface area (Å²) in [5, 5.41) is 7.03. The van der Waals surface area contributed by atoms with Gasteiger partial charge < -0.3 is 9.88 Å². The normalized spacial score (nSPS) is 15.2. The van der Waals surface area contributed by atoms with Gasteiger partial charge in [0.1, 0.15) is 0 Å². The van der Waals surface area contributed by atoms with Crippen LogP contribution in [0.1, 0.15) is 34.8 Å². The molecule has 26 heavy (non-hydrogen) atoms. The van der Waals surface area contributed by atoms with Crippen LogP contribution in [-0.4, -0.2) is 44.1 Å². The Hall–Kier alpha value is -3.22. The minimum atomic E-state index is -0.376. The average Bonchev–Trinajstić information content (AvgIpc) is 3.23. The molecule has 0 aliphatic carbocycles. The Morgan fingerprint density at radius 1 is 1.08 bits per heavy atom. The van der Waals surface area contributed by atoms with E-state index in [1.807, 2.05) is 35.2 Å². The Morgan fingerprint density at radius 3 is 2.46 bits per heavy atom. The summed E-state index contributed by atoms with van der Waals surface area (Å²) in [6.45, 7) is 1.49. The third kappa shape index (κ3) is 3.28. The van der Waals surface area contributed by atoms with Crippen molar-refractivity contribution < 1.29 is 4.79 Å². The number of hydrogen-bond donors (Lipinski definition) is 2. The van der Waals surface area contributed by atoms with Gasteiger partial charge >= 0.3 is 5.69 Å². The van der Waals surface area contributed by atoms with Crippen molar-refractivity contribution in [1.29, 1.82) is 0 Å². The third-order valence-corrected chi connectivity index (χ3v) is 4.88. The minimum Gasteiger partial charge on any atom is -0.339 e. The molecule has 4 rings (SSSR count). The van der Waals surface area contributed by atoms with Gasteiger partial charge in [-0.2, -0.15) is 5.10 Å². The van der Waals surface area contributed by atoms with Crippen LogP contribution in [0, 0.1) is 0 Å². The van der Waals surface area contributed by atoms with Crippen LogP contribution in [0.4, 0.5) is 0 Å². The Balaban J connectivity index is 1.42. The Labute approximate surface area is 150 Å². The maximum atomic E-state index is 12.7. The third-order valence-electron chi connectivity index (χ3n) is 4.88. The summed E-state index contributed by atoms with van der Waals surface area (Å²) in [5.41, 5.74) is 3.16. The Kier molecular flexibility index (Phi) is 4.35.